The summed E-state index contributed by atoms with van der Waals surface area (Å²) in [4.78, 5) is 20.6. The molecule has 39 heavy (non-hydrogen) atoms. The average molecular weight is 530 g/mol. The van der Waals surface area contributed by atoms with E-state index in [1.54, 1.807) is 6.07 Å². The number of hydrogen-bond donors (Lipinski definition) is 4. The van der Waals surface area contributed by atoms with Gasteiger partial charge < -0.3 is 30.6 Å². The number of anilines is 1. The molecule has 9 heteroatoms. The van der Waals surface area contributed by atoms with Crippen molar-refractivity contribution in [1.82, 2.24) is 19.9 Å². The molecule has 0 fully saturated rings. The van der Waals surface area contributed by atoms with Crippen molar-refractivity contribution in [3.8, 4) is 23.8 Å². The van der Waals surface area contributed by atoms with Crippen molar-refractivity contribution in [3.63, 3.8) is 0 Å². The third kappa shape index (κ3) is 6.78. The fourth-order valence-electron chi connectivity index (χ4n) is 4.63. The lowest BCUT2D eigenvalue weighted by Gasteiger charge is -2.13. The Hall–Kier alpha value is -4.29. The number of imidazole rings is 1. The van der Waals surface area contributed by atoms with Crippen molar-refractivity contribution in [2.45, 2.75) is 52.0 Å². The zero-order valence-corrected chi connectivity index (χ0v) is 22.2. The largest absolute Gasteiger partial charge is 0.508 e. The van der Waals surface area contributed by atoms with Gasteiger partial charge in [0, 0.05) is 37.1 Å². The van der Waals surface area contributed by atoms with Crippen molar-refractivity contribution in [1.29, 1.82) is 0 Å². The van der Waals surface area contributed by atoms with Crippen LogP contribution in [0, 0.1) is 12.3 Å². The maximum absolute atomic E-state index is 11.1. The number of nitrogens with one attached hydrogen (secondary N) is 1. The normalized spacial score (nSPS) is 11.2. The van der Waals surface area contributed by atoms with E-state index in [0.717, 1.165) is 59.9 Å². The molecule has 0 saturated heterocycles. The number of ether oxygens (including phenoxy) is 1. The fourth-order valence-corrected chi connectivity index (χ4v) is 4.63. The van der Waals surface area contributed by atoms with Crippen molar-refractivity contribution in [2.24, 2.45) is 0 Å². The van der Waals surface area contributed by atoms with Gasteiger partial charge in [-0.2, -0.15) is 0 Å². The number of nitrogen functional groups attached to an aromatic ring is 1. The predicted molar refractivity (Wildman–Crippen MR) is 153 cm³/mol. The second-order valence-corrected chi connectivity index (χ2v) is 9.55. The molecule has 4 rings (SSSR count). The first-order chi connectivity index (χ1) is 18.9. The topological polar surface area (TPSA) is 136 Å². The molecule has 0 saturated carbocycles. The number of fused-ring (bicyclic) bond motifs is 3. The number of terminal acetylenes is 1. The van der Waals surface area contributed by atoms with Gasteiger partial charge in [0.25, 0.3) is 5.91 Å². The van der Waals surface area contributed by atoms with E-state index in [4.69, 9.17) is 21.9 Å². The second kappa shape index (κ2) is 13.0. The summed E-state index contributed by atoms with van der Waals surface area (Å²) in [5.41, 5.74) is 10.4. The molecule has 2 aromatic carbocycles. The van der Waals surface area contributed by atoms with Gasteiger partial charge in [0.15, 0.2) is 5.82 Å². The highest BCUT2D eigenvalue weighted by molar-refractivity contribution is 6.06. The first-order valence-electron chi connectivity index (χ1n) is 13.3. The van der Waals surface area contributed by atoms with E-state index in [9.17, 15) is 15.0 Å². The van der Waals surface area contributed by atoms with Crippen LogP contribution in [0.5, 0.6) is 11.5 Å². The van der Waals surface area contributed by atoms with Gasteiger partial charge in [-0.1, -0.05) is 19.4 Å². The van der Waals surface area contributed by atoms with E-state index < -0.39 is 5.91 Å². The van der Waals surface area contributed by atoms with E-state index in [0.29, 0.717) is 49.6 Å². The molecule has 4 aromatic rings. The lowest BCUT2D eigenvalue weighted by atomic mass is 10.1. The number of nitrogens with two attached hydrogens (primary N) is 1. The Bertz CT molecular complexity index is 1510. The Morgan fingerprint density at radius 2 is 1.92 bits per heavy atom. The molecular weight excluding hydrogens is 494 g/mol. The van der Waals surface area contributed by atoms with Crippen LogP contribution in [0.1, 0.15) is 49.6 Å². The van der Waals surface area contributed by atoms with Crippen LogP contribution < -0.4 is 11.1 Å². The molecule has 0 aliphatic rings. The SMILES string of the molecule is C#CC(=O)NCCCOCCCc1ccc2nc(N)c3nc(CCCC)n(Cc4cc(O)ccc4O)c3c2c1. The van der Waals surface area contributed by atoms with Gasteiger partial charge in [-0.25, -0.2) is 9.97 Å². The predicted octanol–water partition coefficient (Wildman–Crippen LogP) is 4.06. The Labute approximate surface area is 228 Å². The third-order valence-electron chi connectivity index (χ3n) is 6.63. The number of aryl methyl sites for hydroxylation is 2. The van der Waals surface area contributed by atoms with Gasteiger partial charge in [-0.3, -0.25) is 4.79 Å². The first kappa shape index (κ1) is 27.7. The Balaban J connectivity index is 1.58. The summed E-state index contributed by atoms with van der Waals surface area (Å²) >= 11 is 0. The van der Waals surface area contributed by atoms with Crippen LogP contribution >= 0.6 is 0 Å². The van der Waals surface area contributed by atoms with Gasteiger partial charge in [-0.15, -0.1) is 6.42 Å². The van der Waals surface area contributed by atoms with Crippen LogP contribution in [-0.2, 0) is 28.9 Å². The second-order valence-electron chi connectivity index (χ2n) is 9.55. The van der Waals surface area contributed by atoms with E-state index in [-0.39, 0.29) is 11.5 Å². The molecule has 0 unspecified atom stereocenters. The summed E-state index contributed by atoms with van der Waals surface area (Å²) in [6.45, 7) is 4.12. The third-order valence-corrected chi connectivity index (χ3v) is 6.63. The van der Waals surface area contributed by atoms with E-state index >= 15 is 0 Å². The van der Waals surface area contributed by atoms with Gasteiger partial charge >= 0.3 is 0 Å². The molecule has 0 aliphatic carbocycles. The summed E-state index contributed by atoms with van der Waals surface area (Å²) < 4.78 is 7.79. The first-order valence-corrected chi connectivity index (χ1v) is 13.3. The van der Waals surface area contributed by atoms with Gasteiger partial charge in [-0.05, 0) is 67.5 Å². The monoisotopic (exact) mass is 529 g/mol. The Morgan fingerprint density at radius 3 is 2.72 bits per heavy atom. The molecule has 9 nitrogen and oxygen atoms in total. The maximum Gasteiger partial charge on any atom is 0.295 e. The minimum absolute atomic E-state index is 0.0928. The molecule has 2 heterocycles. The lowest BCUT2D eigenvalue weighted by molar-refractivity contribution is -0.115. The molecule has 1 amide bonds. The van der Waals surface area contributed by atoms with Crippen LogP contribution in [0.2, 0.25) is 0 Å². The van der Waals surface area contributed by atoms with E-state index in [2.05, 4.69) is 33.9 Å². The molecule has 0 radical (unpaired) electrons. The minimum Gasteiger partial charge on any atom is -0.508 e. The molecule has 2 aromatic heterocycles. The number of unbranched alkanes of at least 4 members (excludes halogenated alkanes) is 1. The Morgan fingerprint density at radius 1 is 1.10 bits per heavy atom. The molecule has 0 atom stereocenters. The van der Waals surface area contributed by atoms with Crippen molar-refractivity contribution in [2.75, 3.05) is 25.5 Å². The molecular formula is C30H35N5O4. The number of benzene rings is 2. The summed E-state index contributed by atoms with van der Waals surface area (Å²) in [5.74, 6) is 3.06. The summed E-state index contributed by atoms with van der Waals surface area (Å²) in [6, 6.07) is 10.7. The standard InChI is InChI=1S/C30H35N5O4/c1-3-5-9-26-34-28-29(35(26)19-21-18-22(36)11-13-25(21)37)23-17-20(10-12-24(23)33-30(28)31)8-6-15-39-16-7-14-32-27(38)4-2/h2,10-13,17-18,36-37H,3,5-9,14-16,19H2,1H3,(H2,31,33)(H,32,38). The number of pyridine rings is 1. The number of aromatic nitrogens is 3. The zero-order chi connectivity index (χ0) is 27.8. The maximum atomic E-state index is 11.1. The summed E-state index contributed by atoms with van der Waals surface area (Å²) in [6.07, 6.45) is 10.1. The van der Waals surface area contributed by atoms with Crippen molar-refractivity contribution >= 4 is 33.7 Å². The van der Waals surface area contributed by atoms with Crippen LogP contribution in [-0.4, -0.2) is 50.4 Å². The highest BCUT2D eigenvalue weighted by Crippen LogP contribution is 2.32. The number of phenols is 2. The fraction of sp³-hybridized carbons (Fsp3) is 0.367. The van der Waals surface area contributed by atoms with Gasteiger partial charge in [0.05, 0.1) is 17.6 Å². The van der Waals surface area contributed by atoms with Crippen LogP contribution in [0.3, 0.4) is 0 Å². The quantitative estimate of drug-likeness (QED) is 0.117. The average Bonchev–Trinajstić information content (AvgIpc) is 3.30. The number of carbonyl (C=O) groups excluding carboxylic acids is 1. The summed E-state index contributed by atoms with van der Waals surface area (Å²) in [5, 5.41) is 24.1. The number of hydrogen-bond acceptors (Lipinski definition) is 7. The highest BCUT2D eigenvalue weighted by atomic mass is 16.5. The molecule has 0 aliphatic heterocycles. The smallest absolute Gasteiger partial charge is 0.295 e. The molecule has 0 spiro atoms. The Kier molecular flexibility index (Phi) is 9.23. The van der Waals surface area contributed by atoms with Crippen molar-refractivity contribution < 1.29 is 19.7 Å². The highest BCUT2D eigenvalue weighted by Gasteiger charge is 2.19. The number of rotatable bonds is 13. The molecule has 0 bridgehead atoms. The molecule has 5 N–H and O–H groups in total. The van der Waals surface area contributed by atoms with Crippen LogP contribution in [0.15, 0.2) is 36.4 Å². The number of amides is 1. The minimum atomic E-state index is -0.408. The lowest BCUT2D eigenvalue weighted by Crippen LogP contribution is -2.23. The molecule has 204 valence electrons. The number of nitrogens with zero attached hydrogens (tertiary/aromatic N) is 3. The van der Waals surface area contributed by atoms with Crippen molar-refractivity contribution in [3.05, 3.63) is 53.3 Å². The number of phenolic OH excluding ortho intramolecular Hbond substituents is 2. The van der Waals surface area contributed by atoms with Crippen LogP contribution in [0.25, 0.3) is 21.9 Å². The summed E-state index contributed by atoms with van der Waals surface area (Å²) in [7, 11) is 0. The van der Waals surface area contributed by atoms with Gasteiger partial charge in [0.2, 0.25) is 0 Å². The van der Waals surface area contributed by atoms with E-state index in [1.165, 1.54) is 12.1 Å². The number of aromatic hydroxyl groups is 2. The van der Waals surface area contributed by atoms with Gasteiger partial charge in [0.1, 0.15) is 22.8 Å². The van der Waals surface area contributed by atoms with Crippen LogP contribution in [0.4, 0.5) is 5.82 Å². The van der Waals surface area contributed by atoms with E-state index in [1.807, 2.05) is 12.0 Å². The zero-order valence-electron chi connectivity index (χ0n) is 22.2. The number of carbonyl (C=O) groups is 1.